The van der Waals surface area contributed by atoms with Gasteiger partial charge in [0.1, 0.15) is 12.0 Å². The molecule has 0 heterocycles. The van der Waals surface area contributed by atoms with Crippen molar-refractivity contribution in [2.45, 2.75) is 6.92 Å². The van der Waals surface area contributed by atoms with Crippen molar-refractivity contribution in [3.05, 3.63) is 52.5 Å². The van der Waals surface area contributed by atoms with Crippen molar-refractivity contribution in [2.24, 2.45) is 0 Å². The molecule has 0 saturated carbocycles. The van der Waals surface area contributed by atoms with Crippen LogP contribution in [-0.2, 0) is 4.79 Å². The number of ether oxygens (including phenoxy) is 3. The van der Waals surface area contributed by atoms with Gasteiger partial charge in [-0.1, -0.05) is 11.6 Å². The van der Waals surface area contributed by atoms with E-state index in [-0.39, 0.29) is 12.4 Å². The van der Waals surface area contributed by atoms with Crippen molar-refractivity contribution in [1.29, 1.82) is 0 Å². The van der Waals surface area contributed by atoms with Crippen molar-refractivity contribution < 1.29 is 23.8 Å². The van der Waals surface area contributed by atoms with E-state index in [4.69, 9.17) is 25.8 Å². The Labute approximate surface area is 138 Å². The summed E-state index contributed by atoms with van der Waals surface area (Å²) in [4.78, 5) is 22.6. The van der Waals surface area contributed by atoms with Crippen LogP contribution < -0.4 is 14.2 Å². The second kappa shape index (κ2) is 7.65. The lowest BCUT2D eigenvalue weighted by Crippen LogP contribution is -2.18. The molecule has 0 amide bonds. The lowest BCUT2D eigenvalue weighted by Gasteiger charge is -2.11. The largest absolute Gasteiger partial charge is 0.493 e. The van der Waals surface area contributed by atoms with Crippen LogP contribution >= 0.6 is 11.6 Å². The fourth-order valence-corrected chi connectivity index (χ4v) is 2.13. The molecule has 6 heteroatoms. The summed E-state index contributed by atoms with van der Waals surface area (Å²) < 4.78 is 15.7. The highest BCUT2D eigenvalue weighted by Gasteiger charge is 2.12. The second-order valence-corrected chi connectivity index (χ2v) is 5.14. The number of esters is 1. The third-order valence-corrected chi connectivity index (χ3v) is 3.27. The molecule has 5 nitrogen and oxygen atoms in total. The number of benzene rings is 2. The van der Waals surface area contributed by atoms with Crippen molar-refractivity contribution in [3.8, 4) is 17.2 Å². The van der Waals surface area contributed by atoms with E-state index in [1.165, 1.54) is 25.3 Å². The fourth-order valence-electron chi connectivity index (χ4n) is 1.91. The number of carbonyl (C=O) groups excluding carboxylic acids is 2. The normalized spacial score (nSPS) is 10.0. The zero-order valence-electron chi connectivity index (χ0n) is 12.7. The average molecular weight is 335 g/mol. The van der Waals surface area contributed by atoms with Gasteiger partial charge in [-0.15, -0.1) is 0 Å². The Hall–Kier alpha value is -2.53. The van der Waals surface area contributed by atoms with Gasteiger partial charge in [0.05, 0.1) is 7.11 Å². The highest BCUT2D eigenvalue weighted by Crippen LogP contribution is 2.28. The van der Waals surface area contributed by atoms with Gasteiger partial charge in [0.2, 0.25) is 0 Å². The third-order valence-electron chi connectivity index (χ3n) is 3.03. The Bertz CT molecular complexity index is 727. The van der Waals surface area contributed by atoms with Crippen molar-refractivity contribution in [3.63, 3.8) is 0 Å². The summed E-state index contributed by atoms with van der Waals surface area (Å²) >= 11 is 5.86. The third kappa shape index (κ3) is 4.47. The predicted octanol–water partition coefficient (Wildman–Crippen LogP) is 3.45. The quantitative estimate of drug-likeness (QED) is 0.460. The summed E-state index contributed by atoms with van der Waals surface area (Å²) in [5.74, 6) is 0.483. The lowest BCUT2D eigenvalue weighted by molar-refractivity contribution is -0.136. The number of aldehydes is 1. The van der Waals surface area contributed by atoms with Crippen molar-refractivity contribution >= 4 is 23.9 Å². The fraction of sp³-hybridized carbons (Fsp3) is 0.176. The summed E-state index contributed by atoms with van der Waals surface area (Å²) in [5.41, 5.74) is 1.24. The van der Waals surface area contributed by atoms with Gasteiger partial charge in [-0.05, 0) is 48.9 Å². The molecule has 0 aliphatic heterocycles. The van der Waals surface area contributed by atoms with Crippen molar-refractivity contribution in [2.75, 3.05) is 13.7 Å². The average Bonchev–Trinajstić information content (AvgIpc) is 2.54. The minimum Gasteiger partial charge on any atom is -0.493 e. The highest BCUT2D eigenvalue weighted by molar-refractivity contribution is 6.30. The van der Waals surface area contributed by atoms with Gasteiger partial charge >= 0.3 is 5.97 Å². The molecule has 2 aromatic carbocycles. The molecule has 0 fully saturated rings. The van der Waals surface area contributed by atoms with Crippen LogP contribution in [0.1, 0.15) is 15.9 Å². The first kappa shape index (κ1) is 16.8. The zero-order valence-corrected chi connectivity index (χ0v) is 13.4. The van der Waals surface area contributed by atoms with Crippen LogP contribution in [0.2, 0.25) is 5.02 Å². The van der Waals surface area contributed by atoms with Gasteiger partial charge in [-0.2, -0.15) is 0 Å². The standard InChI is InChI=1S/C17H15ClO5/c1-11-7-13(18)4-6-14(11)22-10-17(20)23-15-5-3-12(9-19)8-16(15)21-2/h3-9H,10H2,1-2H3. The molecule has 0 unspecified atom stereocenters. The first-order valence-corrected chi connectivity index (χ1v) is 7.14. The van der Waals surface area contributed by atoms with Gasteiger partial charge in [0, 0.05) is 10.6 Å². The lowest BCUT2D eigenvalue weighted by atomic mass is 10.2. The van der Waals surface area contributed by atoms with E-state index in [1.807, 2.05) is 6.92 Å². The molecule has 0 radical (unpaired) electrons. The summed E-state index contributed by atoms with van der Waals surface area (Å²) in [6.07, 6.45) is 0.681. The van der Waals surface area contributed by atoms with Gasteiger partial charge in [0.25, 0.3) is 0 Å². The number of hydrogen-bond donors (Lipinski definition) is 0. The first-order chi connectivity index (χ1) is 11.0. The molecule has 0 bridgehead atoms. The van der Waals surface area contributed by atoms with Gasteiger partial charge in [0.15, 0.2) is 18.1 Å². The van der Waals surface area contributed by atoms with E-state index in [0.29, 0.717) is 28.4 Å². The maximum atomic E-state index is 11.9. The summed E-state index contributed by atoms with van der Waals surface area (Å²) in [6.45, 7) is 1.56. The molecule has 0 aliphatic rings. The maximum Gasteiger partial charge on any atom is 0.349 e. The molecule has 0 aliphatic carbocycles. The second-order valence-electron chi connectivity index (χ2n) is 4.70. The van der Waals surface area contributed by atoms with E-state index in [9.17, 15) is 9.59 Å². The van der Waals surface area contributed by atoms with Crippen molar-refractivity contribution in [1.82, 2.24) is 0 Å². The molecule has 0 N–H and O–H groups in total. The molecule has 2 rings (SSSR count). The number of halogens is 1. The molecule has 0 atom stereocenters. The summed E-state index contributed by atoms with van der Waals surface area (Å²) in [7, 11) is 1.43. The molecule has 23 heavy (non-hydrogen) atoms. The molecule has 120 valence electrons. The Morgan fingerprint density at radius 2 is 1.87 bits per heavy atom. The molecular formula is C17H15ClO5. The highest BCUT2D eigenvalue weighted by atomic mass is 35.5. The molecule has 2 aromatic rings. The van der Waals surface area contributed by atoms with Crippen LogP contribution in [0.5, 0.6) is 17.2 Å². The zero-order chi connectivity index (χ0) is 16.8. The first-order valence-electron chi connectivity index (χ1n) is 6.76. The van der Waals surface area contributed by atoms with E-state index in [2.05, 4.69) is 0 Å². The van der Waals surface area contributed by atoms with E-state index in [0.717, 1.165) is 5.56 Å². The Morgan fingerprint density at radius 1 is 1.13 bits per heavy atom. The van der Waals surface area contributed by atoms with Crippen LogP contribution in [-0.4, -0.2) is 26.0 Å². The summed E-state index contributed by atoms with van der Waals surface area (Å²) in [6, 6.07) is 9.61. The number of rotatable bonds is 6. The molecular weight excluding hydrogens is 320 g/mol. The number of hydrogen-bond acceptors (Lipinski definition) is 5. The van der Waals surface area contributed by atoms with E-state index < -0.39 is 5.97 Å². The van der Waals surface area contributed by atoms with Crippen LogP contribution in [0.15, 0.2) is 36.4 Å². The maximum absolute atomic E-state index is 11.9. The number of aryl methyl sites for hydroxylation is 1. The molecule has 0 aromatic heterocycles. The Morgan fingerprint density at radius 3 is 2.52 bits per heavy atom. The van der Waals surface area contributed by atoms with Gasteiger partial charge < -0.3 is 14.2 Å². The molecule has 0 saturated heterocycles. The Kier molecular flexibility index (Phi) is 5.60. The van der Waals surface area contributed by atoms with Gasteiger partial charge in [-0.25, -0.2) is 4.79 Å². The molecule has 0 spiro atoms. The summed E-state index contributed by atoms with van der Waals surface area (Å²) in [5, 5.41) is 0.595. The number of carbonyl (C=O) groups is 2. The number of methoxy groups -OCH3 is 1. The van der Waals surface area contributed by atoms with E-state index in [1.54, 1.807) is 18.2 Å². The minimum absolute atomic E-state index is 0.222. The SMILES string of the molecule is COc1cc(C=O)ccc1OC(=O)COc1ccc(Cl)cc1C. The Balaban J connectivity index is 2.01. The van der Waals surface area contributed by atoms with Crippen LogP contribution in [0, 0.1) is 6.92 Å². The van der Waals surface area contributed by atoms with E-state index >= 15 is 0 Å². The van der Waals surface area contributed by atoms with Crippen LogP contribution in [0.4, 0.5) is 0 Å². The van der Waals surface area contributed by atoms with Gasteiger partial charge in [-0.3, -0.25) is 4.79 Å². The van der Waals surface area contributed by atoms with Crippen LogP contribution in [0.25, 0.3) is 0 Å². The van der Waals surface area contributed by atoms with Crippen LogP contribution in [0.3, 0.4) is 0 Å². The topological polar surface area (TPSA) is 61.8 Å². The minimum atomic E-state index is -0.587. The monoisotopic (exact) mass is 334 g/mol. The predicted molar refractivity (Wildman–Crippen MR) is 85.7 cm³/mol. The smallest absolute Gasteiger partial charge is 0.349 e.